The number of nitrogens with one attached hydrogen (secondary N) is 1. The van der Waals surface area contributed by atoms with E-state index >= 15 is 0 Å². The van der Waals surface area contributed by atoms with E-state index in [0.29, 0.717) is 19.4 Å². The molecule has 95 heavy (non-hydrogen) atoms. The number of esters is 1. The fraction of sp³-hybridized carbons (Fsp3) is 0.955. The zero-order valence-electron chi connectivity index (χ0n) is 65.2. The average molecular weight is 1340 g/mol. The van der Waals surface area contributed by atoms with Crippen LogP contribution >= 0.6 is 0 Å². The molecule has 0 saturated carbocycles. The van der Waals surface area contributed by atoms with Crippen LogP contribution in [0.4, 0.5) is 0 Å². The topological polar surface area (TPSA) is 95.9 Å². The van der Waals surface area contributed by atoms with Crippen LogP contribution in [0.15, 0.2) is 12.2 Å². The van der Waals surface area contributed by atoms with Crippen molar-refractivity contribution in [3.8, 4) is 0 Å². The molecule has 0 aromatic rings. The molecule has 0 aliphatic carbocycles. The lowest BCUT2D eigenvalue weighted by Gasteiger charge is -2.20. The smallest absolute Gasteiger partial charge is 0.305 e. The molecule has 0 heterocycles. The maximum atomic E-state index is 12.6. The summed E-state index contributed by atoms with van der Waals surface area (Å²) in [6.45, 7) is 4.98. The van der Waals surface area contributed by atoms with E-state index in [1.54, 1.807) is 6.08 Å². The summed E-state index contributed by atoms with van der Waals surface area (Å²) in [6.07, 6.45) is 110. The third-order valence-electron chi connectivity index (χ3n) is 21.3. The summed E-state index contributed by atoms with van der Waals surface area (Å²) >= 11 is 0. The Bertz CT molecular complexity index is 1450. The molecule has 0 spiro atoms. The number of aliphatic hydroxyl groups is 2. The molecule has 0 aromatic heterocycles. The van der Waals surface area contributed by atoms with E-state index in [1.165, 1.54) is 456 Å². The molecule has 1 amide bonds. The van der Waals surface area contributed by atoms with E-state index in [9.17, 15) is 19.8 Å². The van der Waals surface area contributed by atoms with E-state index in [2.05, 4.69) is 19.2 Å². The van der Waals surface area contributed by atoms with Gasteiger partial charge in [0.05, 0.1) is 25.4 Å². The molecule has 2 atom stereocenters. The van der Waals surface area contributed by atoms with Crippen LogP contribution in [0.25, 0.3) is 0 Å². The van der Waals surface area contributed by atoms with Crippen molar-refractivity contribution in [3.05, 3.63) is 12.2 Å². The molecule has 6 heteroatoms. The zero-order chi connectivity index (χ0) is 68.4. The molecule has 6 nitrogen and oxygen atoms in total. The number of hydrogen-bond donors (Lipinski definition) is 3. The Morgan fingerprint density at radius 1 is 0.284 bits per heavy atom. The van der Waals surface area contributed by atoms with Gasteiger partial charge in [-0.1, -0.05) is 488 Å². The molecular weight excluding hydrogens is 1160 g/mol. The standard InChI is InChI=1S/C89H175NO5/c1-3-5-7-9-11-13-15-17-19-20-21-22-23-39-42-45-48-51-54-57-61-65-69-73-77-81-87(92)86(85-91)90-88(93)82-78-74-70-66-62-58-55-52-49-46-43-40-37-35-33-31-29-27-25-24-26-28-30-32-34-36-38-41-44-47-50-53-56-60-64-68-72-76-80-84-95-89(94)83-79-75-71-67-63-59-18-16-14-12-10-8-6-4-2/h77,81,86-87,91-92H,3-76,78-80,82-85H2,1-2H3,(H,90,93)/b81-77+. The molecule has 566 valence electrons. The molecule has 0 aliphatic rings. The third-order valence-corrected chi connectivity index (χ3v) is 21.3. The number of carbonyl (C=O) groups excluding carboxylic acids is 2. The van der Waals surface area contributed by atoms with Crippen molar-refractivity contribution in [2.45, 2.75) is 533 Å². The van der Waals surface area contributed by atoms with Gasteiger partial charge in [0.25, 0.3) is 0 Å². The molecule has 0 radical (unpaired) electrons. The van der Waals surface area contributed by atoms with Crippen molar-refractivity contribution in [1.82, 2.24) is 5.32 Å². The lowest BCUT2D eigenvalue weighted by molar-refractivity contribution is -0.143. The number of allylic oxidation sites excluding steroid dienone is 1. The summed E-state index contributed by atoms with van der Waals surface area (Å²) in [6, 6.07) is -0.624. The second-order valence-electron chi connectivity index (χ2n) is 30.9. The Balaban J connectivity index is 3.31. The highest BCUT2D eigenvalue weighted by molar-refractivity contribution is 5.76. The lowest BCUT2D eigenvalue weighted by atomic mass is 10.0. The number of amides is 1. The van der Waals surface area contributed by atoms with Crippen molar-refractivity contribution < 1.29 is 24.5 Å². The number of carbonyl (C=O) groups is 2. The first-order valence-corrected chi connectivity index (χ1v) is 44.5. The molecule has 0 rings (SSSR count). The average Bonchev–Trinajstić information content (AvgIpc) is 3.70. The minimum absolute atomic E-state index is 0.0276. The van der Waals surface area contributed by atoms with E-state index < -0.39 is 12.1 Å². The monoisotopic (exact) mass is 1340 g/mol. The van der Waals surface area contributed by atoms with Crippen LogP contribution in [0.3, 0.4) is 0 Å². The Morgan fingerprint density at radius 3 is 0.716 bits per heavy atom. The van der Waals surface area contributed by atoms with E-state index in [4.69, 9.17) is 4.74 Å². The molecule has 3 N–H and O–H groups in total. The molecule has 0 bridgehead atoms. The normalized spacial score (nSPS) is 12.4. The van der Waals surface area contributed by atoms with Crippen LogP contribution in [0.5, 0.6) is 0 Å². The zero-order valence-corrected chi connectivity index (χ0v) is 65.2. The van der Waals surface area contributed by atoms with Gasteiger partial charge in [0.15, 0.2) is 0 Å². The predicted molar refractivity (Wildman–Crippen MR) is 421 cm³/mol. The Kier molecular flexibility index (Phi) is 83.8. The van der Waals surface area contributed by atoms with Gasteiger partial charge in [-0.3, -0.25) is 9.59 Å². The molecular formula is C89H175NO5. The molecule has 0 aromatic carbocycles. The van der Waals surface area contributed by atoms with Gasteiger partial charge in [-0.15, -0.1) is 0 Å². The summed E-state index contributed by atoms with van der Waals surface area (Å²) < 4.78 is 5.51. The highest BCUT2D eigenvalue weighted by Crippen LogP contribution is 2.21. The van der Waals surface area contributed by atoms with E-state index in [-0.39, 0.29) is 18.5 Å². The van der Waals surface area contributed by atoms with Crippen molar-refractivity contribution in [3.63, 3.8) is 0 Å². The summed E-state index contributed by atoms with van der Waals surface area (Å²) in [4.78, 5) is 24.7. The lowest BCUT2D eigenvalue weighted by Crippen LogP contribution is -2.45. The fourth-order valence-corrected chi connectivity index (χ4v) is 14.6. The van der Waals surface area contributed by atoms with Crippen molar-refractivity contribution >= 4 is 11.9 Å². The fourth-order valence-electron chi connectivity index (χ4n) is 14.6. The van der Waals surface area contributed by atoms with Crippen LogP contribution in [0, 0.1) is 0 Å². The number of ether oxygens (including phenoxy) is 1. The first-order chi connectivity index (χ1) is 47.0. The first-order valence-electron chi connectivity index (χ1n) is 44.5. The van der Waals surface area contributed by atoms with Crippen LogP contribution in [0.2, 0.25) is 0 Å². The van der Waals surface area contributed by atoms with Crippen molar-refractivity contribution in [2.24, 2.45) is 0 Å². The SMILES string of the molecule is CCCCCCCCCCCCCCCCCCCCCCCCC/C=C/C(O)C(CO)NC(=O)CCCCCCCCCCCCCCCCCCCCCCCCCCCCCCCCCCCCCCCCCOC(=O)CCCCCCCCCCCCCCCC. The highest BCUT2D eigenvalue weighted by atomic mass is 16.5. The first kappa shape index (κ1) is 93.6. The number of unbranched alkanes of at least 4 members (excludes halogenated alkanes) is 74. The summed E-state index contributed by atoms with van der Waals surface area (Å²) in [5, 5.41) is 23.4. The van der Waals surface area contributed by atoms with Gasteiger partial charge in [-0.2, -0.15) is 0 Å². The van der Waals surface area contributed by atoms with E-state index in [0.717, 1.165) is 38.5 Å². The van der Waals surface area contributed by atoms with Gasteiger partial charge < -0.3 is 20.3 Å². The number of rotatable bonds is 85. The minimum Gasteiger partial charge on any atom is -0.466 e. The summed E-state index contributed by atoms with van der Waals surface area (Å²) in [7, 11) is 0. The third kappa shape index (κ3) is 81.5. The minimum atomic E-state index is -0.841. The molecule has 0 aliphatic heterocycles. The van der Waals surface area contributed by atoms with Crippen molar-refractivity contribution in [1.29, 1.82) is 0 Å². The molecule has 0 saturated heterocycles. The second-order valence-corrected chi connectivity index (χ2v) is 30.9. The van der Waals surface area contributed by atoms with Gasteiger partial charge in [0.1, 0.15) is 0 Å². The molecule has 0 fully saturated rings. The largest absolute Gasteiger partial charge is 0.466 e. The van der Waals surface area contributed by atoms with Gasteiger partial charge in [-0.05, 0) is 32.1 Å². The van der Waals surface area contributed by atoms with Crippen LogP contribution in [0.1, 0.15) is 521 Å². The predicted octanol–water partition coefficient (Wildman–Crippen LogP) is 29.8. The van der Waals surface area contributed by atoms with Gasteiger partial charge in [-0.25, -0.2) is 0 Å². The maximum Gasteiger partial charge on any atom is 0.305 e. The quantitative estimate of drug-likeness (QED) is 0.0320. The number of hydrogen-bond acceptors (Lipinski definition) is 5. The van der Waals surface area contributed by atoms with Crippen LogP contribution in [-0.4, -0.2) is 47.4 Å². The van der Waals surface area contributed by atoms with Crippen LogP contribution in [-0.2, 0) is 14.3 Å². The number of aliphatic hydroxyl groups excluding tert-OH is 2. The molecule has 2 unspecified atom stereocenters. The highest BCUT2D eigenvalue weighted by Gasteiger charge is 2.18. The Morgan fingerprint density at radius 2 is 0.484 bits per heavy atom. The van der Waals surface area contributed by atoms with Crippen LogP contribution < -0.4 is 5.32 Å². The summed E-state index contributed by atoms with van der Waals surface area (Å²) in [5.41, 5.74) is 0. The van der Waals surface area contributed by atoms with Gasteiger partial charge in [0, 0.05) is 12.8 Å². The van der Waals surface area contributed by atoms with Gasteiger partial charge in [0.2, 0.25) is 5.91 Å². The van der Waals surface area contributed by atoms with Crippen molar-refractivity contribution in [2.75, 3.05) is 13.2 Å². The second kappa shape index (κ2) is 85.0. The maximum absolute atomic E-state index is 12.6. The Hall–Kier alpha value is -1.40. The van der Waals surface area contributed by atoms with E-state index in [1.807, 2.05) is 6.08 Å². The summed E-state index contributed by atoms with van der Waals surface area (Å²) in [5.74, 6) is -0.0278. The van der Waals surface area contributed by atoms with Gasteiger partial charge >= 0.3 is 5.97 Å². The Labute approximate surface area is 597 Å².